The molecule has 5 nitrogen and oxygen atoms in total. The molecule has 0 atom stereocenters. The molecule has 24 heavy (non-hydrogen) atoms. The molecule has 0 spiro atoms. The first-order valence-electron chi connectivity index (χ1n) is 7.13. The molecule has 0 radical (unpaired) electrons. The van der Waals surface area contributed by atoms with E-state index in [1.165, 1.54) is 30.8 Å². The van der Waals surface area contributed by atoms with Gasteiger partial charge in [0.25, 0.3) is 0 Å². The Kier molecular flexibility index (Phi) is 3.21. The Hall–Kier alpha value is -2.99. The Balaban J connectivity index is 2.08. The first-order valence-corrected chi connectivity index (χ1v) is 8.01. The fourth-order valence-corrected chi connectivity index (χ4v) is 3.77. The average molecular weight is 340 g/mol. The molecule has 0 aliphatic carbocycles. The molecule has 0 saturated carbocycles. The van der Waals surface area contributed by atoms with E-state index in [-0.39, 0.29) is 27.9 Å². The van der Waals surface area contributed by atoms with Crippen LogP contribution in [0.4, 0.5) is 0 Å². The minimum absolute atomic E-state index is 0.0163. The Morgan fingerprint density at radius 3 is 2.75 bits per heavy atom. The molecule has 2 N–H and O–H groups in total. The number of ether oxygens (including phenoxy) is 1. The maximum Gasteiger partial charge on any atom is 0.204 e. The van der Waals surface area contributed by atoms with Gasteiger partial charge in [0.15, 0.2) is 11.5 Å². The molecular formula is C18H12O5S. The zero-order valence-electron chi connectivity index (χ0n) is 12.6. The van der Waals surface area contributed by atoms with E-state index in [1.807, 2.05) is 29.6 Å². The van der Waals surface area contributed by atoms with Crippen LogP contribution in [0.25, 0.3) is 32.2 Å². The van der Waals surface area contributed by atoms with Gasteiger partial charge in [-0.05, 0) is 6.07 Å². The Morgan fingerprint density at radius 1 is 1.17 bits per heavy atom. The lowest BCUT2D eigenvalue weighted by Gasteiger charge is -2.09. The van der Waals surface area contributed by atoms with E-state index in [0.717, 1.165) is 15.6 Å². The minimum Gasteiger partial charge on any atom is -0.504 e. The molecule has 0 saturated heterocycles. The number of aromatic hydroxyl groups is 2. The summed E-state index contributed by atoms with van der Waals surface area (Å²) in [4.78, 5) is 12.9. The molecule has 0 fully saturated rings. The van der Waals surface area contributed by atoms with Crippen molar-refractivity contribution >= 4 is 32.4 Å². The highest BCUT2D eigenvalue weighted by Crippen LogP contribution is 2.41. The standard InChI is InChI=1S/C18H12O5S/c1-22-18-12(19)6-13-15(17(18)21)16(20)10(7-23-13)11-8-24-14-5-3-2-4-9(11)14/h2-8,19,21H,1H3. The third-order valence-corrected chi connectivity index (χ3v) is 4.91. The second-order valence-electron chi connectivity index (χ2n) is 5.27. The van der Waals surface area contributed by atoms with Gasteiger partial charge in [-0.3, -0.25) is 4.79 Å². The Labute approximate surface area is 140 Å². The van der Waals surface area contributed by atoms with E-state index in [4.69, 9.17) is 9.15 Å². The maximum atomic E-state index is 12.9. The predicted molar refractivity (Wildman–Crippen MR) is 93.2 cm³/mol. The molecule has 0 unspecified atom stereocenters. The molecule has 4 rings (SSSR count). The van der Waals surface area contributed by atoms with Gasteiger partial charge >= 0.3 is 0 Å². The van der Waals surface area contributed by atoms with Crippen molar-refractivity contribution in [3.05, 3.63) is 52.2 Å². The van der Waals surface area contributed by atoms with Crippen LogP contribution < -0.4 is 10.2 Å². The number of phenolic OH excluding ortho intramolecular Hbond substituents is 2. The summed E-state index contributed by atoms with van der Waals surface area (Å²) in [5, 5.41) is 22.9. The van der Waals surface area contributed by atoms with Gasteiger partial charge in [-0.25, -0.2) is 0 Å². The van der Waals surface area contributed by atoms with E-state index in [1.54, 1.807) is 0 Å². The van der Waals surface area contributed by atoms with Crippen LogP contribution >= 0.6 is 11.3 Å². The van der Waals surface area contributed by atoms with Crippen molar-refractivity contribution in [2.45, 2.75) is 0 Å². The lowest BCUT2D eigenvalue weighted by Crippen LogP contribution is -2.05. The largest absolute Gasteiger partial charge is 0.504 e. The first-order chi connectivity index (χ1) is 11.6. The van der Waals surface area contributed by atoms with E-state index in [2.05, 4.69) is 0 Å². The summed E-state index contributed by atoms with van der Waals surface area (Å²) in [6, 6.07) is 9.00. The highest BCUT2D eigenvalue weighted by Gasteiger charge is 2.20. The second-order valence-corrected chi connectivity index (χ2v) is 6.19. The van der Waals surface area contributed by atoms with Crippen LogP contribution in [-0.2, 0) is 0 Å². The number of benzene rings is 2. The quantitative estimate of drug-likeness (QED) is 0.574. The van der Waals surface area contributed by atoms with Gasteiger partial charge in [-0.15, -0.1) is 11.3 Å². The molecule has 6 heteroatoms. The molecule has 2 aromatic carbocycles. The summed E-state index contributed by atoms with van der Waals surface area (Å²) in [5.74, 6) is -0.871. The number of thiophene rings is 1. The number of phenols is 2. The molecule has 2 aromatic heterocycles. The number of fused-ring (bicyclic) bond motifs is 2. The van der Waals surface area contributed by atoms with Gasteiger partial charge in [-0.2, -0.15) is 0 Å². The molecular weight excluding hydrogens is 328 g/mol. The van der Waals surface area contributed by atoms with Crippen LogP contribution in [0.3, 0.4) is 0 Å². The van der Waals surface area contributed by atoms with Crippen LogP contribution in [0.15, 0.2) is 51.2 Å². The molecule has 0 aliphatic heterocycles. The van der Waals surface area contributed by atoms with Crippen molar-refractivity contribution in [1.29, 1.82) is 0 Å². The van der Waals surface area contributed by atoms with Crippen molar-refractivity contribution in [2.75, 3.05) is 7.11 Å². The summed E-state index contributed by atoms with van der Waals surface area (Å²) in [6.07, 6.45) is 1.35. The highest BCUT2D eigenvalue weighted by atomic mass is 32.1. The van der Waals surface area contributed by atoms with Crippen LogP contribution in [0.2, 0.25) is 0 Å². The van der Waals surface area contributed by atoms with Crippen LogP contribution in [0.1, 0.15) is 0 Å². The van der Waals surface area contributed by atoms with Gasteiger partial charge in [0.05, 0.1) is 12.7 Å². The van der Waals surface area contributed by atoms with Gasteiger partial charge < -0.3 is 19.4 Å². The number of rotatable bonds is 2. The normalized spacial score (nSPS) is 11.2. The number of methoxy groups -OCH3 is 1. The monoisotopic (exact) mass is 340 g/mol. The molecule has 0 bridgehead atoms. The summed E-state index contributed by atoms with van der Waals surface area (Å²) in [7, 11) is 1.30. The van der Waals surface area contributed by atoms with E-state index < -0.39 is 5.75 Å². The van der Waals surface area contributed by atoms with Crippen molar-refractivity contribution in [3.63, 3.8) is 0 Å². The summed E-state index contributed by atoms with van der Waals surface area (Å²) in [5.41, 5.74) is 0.815. The molecule has 2 heterocycles. The zero-order valence-corrected chi connectivity index (χ0v) is 13.4. The van der Waals surface area contributed by atoms with E-state index >= 15 is 0 Å². The van der Waals surface area contributed by atoms with Crippen molar-refractivity contribution in [1.82, 2.24) is 0 Å². The molecule has 0 aliphatic rings. The third kappa shape index (κ3) is 1.97. The number of hydrogen-bond acceptors (Lipinski definition) is 6. The SMILES string of the molecule is COc1c(O)cc2occ(-c3csc4ccccc34)c(=O)c2c1O. The Bertz CT molecular complexity index is 1140. The molecule has 4 aromatic rings. The zero-order chi connectivity index (χ0) is 16.8. The fraction of sp³-hybridized carbons (Fsp3) is 0.0556. The summed E-state index contributed by atoms with van der Waals surface area (Å²) < 4.78 is 11.5. The Morgan fingerprint density at radius 2 is 1.96 bits per heavy atom. The topological polar surface area (TPSA) is 79.9 Å². The third-order valence-electron chi connectivity index (χ3n) is 3.95. The van der Waals surface area contributed by atoms with Gasteiger partial charge in [0, 0.05) is 27.1 Å². The predicted octanol–water partition coefficient (Wildman–Crippen LogP) is 4.09. The number of hydrogen-bond donors (Lipinski definition) is 2. The first kappa shape index (κ1) is 14.6. The fourth-order valence-electron chi connectivity index (χ4n) is 2.81. The lowest BCUT2D eigenvalue weighted by atomic mass is 10.0. The van der Waals surface area contributed by atoms with Crippen molar-refractivity contribution in [2.24, 2.45) is 0 Å². The molecule has 0 amide bonds. The second kappa shape index (κ2) is 5.28. The van der Waals surface area contributed by atoms with E-state index in [0.29, 0.717) is 5.56 Å². The van der Waals surface area contributed by atoms with Crippen LogP contribution in [0, 0.1) is 0 Å². The van der Waals surface area contributed by atoms with Gasteiger partial charge in [-0.1, -0.05) is 18.2 Å². The van der Waals surface area contributed by atoms with Gasteiger partial charge in [0.2, 0.25) is 11.2 Å². The van der Waals surface area contributed by atoms with Crippen molar-refractivity contribution < 1.29 is 19.4 Å². The van der Waals surface area contributed by atoms with Crippen LogP contribution in [0.5, 0.6) is 17.2 Å². The average Bonchev–Trinajstić information content (AvgIpc) is 2.99. The minimum atomic E-state index is -0.428. The van der Waals surface area contributed by atoms with Gasteiger partial charge in [0.1, 0.15) is 17.2 Å². The summed E-state index contributed by atoms with van der Waals surface area (Å²) in [6.45, 7) is 0. The van der Waals surface area contributed by atoms with Crippen LogP contribution in [-0.4, -0.2) is 17.3 Å². The maximum absolute atomic E-state index is 12.9. The molecule has 120 valence electrons. The smallest absolute Gasteiger partial charge is 0.204 e. The highest BCUT2D eigenvalue weighted by molar-refractivity contribution is 7.17. The lowest BCUT2D eigenvalue weighted by molar-refractivity contribution is 0.346. The van der Waals surface area contributed by atoms with E-state index in [9.17, 15) is 15.0 Å². The summed E-state index contributed by atoms with van der Waals surface area (Å²) >= 11 is 1.53. The van der Waals surface area contributed by atoms with Crippen molar-refractivity contribution in [3.8, 4) is 28.4 Å².